The fraction of sp³-hybridized carbons (Fsp3) is 0.786. The van der Waals surface area contributed by atoms with Crippen LogP contribution in [0.4, 0.5) is 0 Å². The maximum Gasteiger partial charge on any atom is 0.307 e. The van der Waals surface area contributed by atoms with Crippen LogP contribution in [0.2, 0.25) is 0 Å². The molecule has 1 fully saturated rings. The van der Waals surface area contributed by atoms with Crippen molar-refractivity contribution in [1.29, 1.82) is 0 Å². The van der Waals surface area contributed by atoms with E-state index in [-0.39, 0.29) is 16.6 Å². The summed E-state index contributed by atoms with van der Waals surface area (Å²) in [6.07, 6.45) is 5.43. The van der Waals surface area contributed by atoms with Crippen LogP contribution in [0.3, 0.4) is 0 Å². The molecule has 1 aromatic heterocycles. The number of rotatable bonds is 5. The lowest BCUT2D eigenvalue weighted by molar-refractivity contribution is -0.143. The van der Waals surface area contributed by atoms with Crippen LogP contribution in [0.5, 0.6) is 0 Å². The average Bonchev–Trinajstić information content (AvgIpc) is 2.91. The summed E-state index contributed by atoms with van der Waals surface area (Å²) in [5.41, 5.74) is 0.281. The number of hydrogen-bond acceptors (Lipinski definition) is 5. The first kappa shape index (κ1) is 15.8. The maximum atomic E-state index is 11.5. The Hall–Kier alpha value is -0.620. The van der Waals surface area contributed by atoms with Crippen LogP contribution in [-0.4, -0.2) is 25.7 Å². The summed E-state index contributed by atoms with van der Waals surface area (Å²) in [6, 6.07) is 0. The predicted molar refractivity (Wildman–Crippen MR) is 82.1 cm³/mol. The predicted octanol–water partition coefficient (Wildman–Crippen LogP) is 3.94. The zero-order valence-corrected chi connectivity index (χ0v) is 13.8. The van der Waals surface area contributed by atoms with E-state index in [1.807, 2.05) is 0 Å². The molecule has 3 atom stereocenters. The second-order valence-electron chi connectivity index (χ2n) is 6.16. The Morgan fingerprint density at radius 1 is 1.55 bits per heavy atom. The second-order valence-corrected chi connectivity index (χ2v) is 8.43. The minimum atomic E-state index is -0.667. The summed E-state index contributed by atoms with van der Waals surface area (Å²) in [5, 5.41) is 9.55. The molecule has 3 unspecified atom stereocenters. The van der Waals surface area contributed by atoms with Crippen LogP contribution < -0.4 is 0 Å². The zero-order chi connectivity index (χ0) is 14.8. The molecule has 1 aliphatic carbocycles. The van der Waals surface area contributed by atoms with E-state index in [4.69, 9.17) is 0 Å². The molecule has 0 aliphatic heterocycles. The van der Waals surface area contributed by atoms with Gasteiger partial charge in [-0.15, -0.1) is 0 Å². The highest BCUT2D eigenvalue weighted by Crippen LogP contribution is 2.47. The van der Waals surface area contributed by atoms with Gasteiger partial charge in [0, 0.05) is 5.25 Å². The Labute approximate surface area is 128 Å². The Balaban J connectivity index is 2.11. The lowest BCUT2D eigenvalue weighted by atomic mass is 9.67. The van der Waals surface area contributed by atoms with Crippen molar-refractivity contribution in [1.82, 2.24) is 9.36 Å². The van der Waals surface area contributed by atoms with Gasteiger partial charge in [-0.2, -0.15) is 4.37 Å². The van der Waals surface area contributed by atoms with Crippen molar-refractivity contribution in [2.45, 2.75) is 56.0 Å². The quantitative estimate of drug-likeness (QED) is 0.892. The van der Waals surface area contributed by atoms with Crippen LogP contribution in [0.25, 0.3) is 0 Å². The van der Waals surface area contributed by atoms with Gasteiger partial charge in [0.2, 0.25) is 0 Å². The second kappa shape index (κ2) is 6.43. The van der Waals surface area contributed by atoms with E-state index in [1.54, 1.807) is 18.1 Å². The van der Waals surface area contributed by atoms with Gasteiger partial charge in [0.25, 0.3) is 0 Å². The minimum Gasteiger partial charge on any atom is -0.481 e. The number of carboxylic acids is 1. The molecule has 0 saturated heterocycles. The smallest absolute Gasteiger partial charge is 0.307 e. The molecule has 4 nitrogen and oxygen atoms in total. The molecule has 0 bridgehead atoms. The molecule has 6 heteroatoms. The topological polar surface area (TPSA) is 63.1 Å². The molecule has 2 rings (SSSR count). The van der Waals surface area contributed by atoms with Crippen molar-refractivity contribution in [3.05, 3.63) is 6.33 Å². The summed E-state index contributed by atoms with van der Waals surface area (Å²) in [5.74, 6) is -0.332. The van der Waals surface area contributed by atoms with Crippen LogP contribution in [0.1, 0.15) is 46.5 Å². The summed E-state index contributed by atoms with van der Waals surface area (Å²) in [7, 11) is 0. The molecule has 112 valence electrons. The van der Waals surface area contributed by atoms with Crippen molar-refractivity contribution < 1.29 is 9.90 Å². The lowest BCUT2D eigenvalue weighted by Gasteiger charge is -2.41. The average molecular weight is 314 g/mol. The van der Waals surface area contributed by atoms with Gasteiger partial charge < -0.3 is 5.11 Å². The van der Waals surface area contributed by atoms with Gasteiger partial charge in [0.15, 0.2) is 4.34 Å². The number of nitrogens with zero attached hydrogens (tertiary/aromatic N) is 2. The summed E-state index contributed by atoms with van der Waals surface area (Å²) >= 11 is 2.96. The first-order valence-electron chi connectivity index (χ1n) is 7.10. The molecule has 1 aliphatic rings. The summed E-state index contributed by atoms with van der Waals surface area (Å²) in [4.78, 5) is 15.7. The van der Waals surface area contributed by atoms with E-state index in [0.717, 1.165) is 30.0 Å². The van der Waals surface area contributed by atoms with Gasteiger partial charge in [-0.3, -0.25) is 4.79 Å². The van der Waals surface area contributed by atoms with Crippen molar-refractivity contribution in [2.75, 3.05) is 0 Å². The first-order valence-corrected chi connectivity index (χ1v) is 8.75. The van der Waals surface area contributed by atoms with E-state index >= 15 is 0 Å². The maximum absolute atomic E-state index is 11.5. The minimum absolute atomic E-state index is 0.116. The molecular formula is C14H22N2O2S2. The van der Waals surface area contributed by atoms with Crippen LogP contribution >= 0.6 is 23.3 Å². The molecule has 1 saturated carbocycles. The fourth-order valence-corrected chi connectivity index (χ4v) is 4.95. The van der Waals surface area contributed by atoms with Crippen molar-refractivity contribution in [3.63, 3.8) is 0 Å². The molecule has 20 heavy (non-hydrogen) atoms. The molecule has 1 heterocycles. The van der Waals surface area contributed by atoms with Gasteiger partial charge >= 0.3 is 5.97 Å². The molecule has 0 radical (unpaired) electrons. The van der Waals surface area contributed by atoms with E-state index < -0.39 is 5.97 Å². The van der Waals surface area contributed by atoms with E-state index in [2.05, 4.69) is 30.1 Å². The molecular weight excluding hydrogens is 292 g/mol. The van der Waals surface area contributed by atoms with Gasteiger partial charge in [0.05, 0.1) is 5.92 Å². The Kier molecular flexibility index (Phi) is 5.07. The number of aliphatic carboxylic acids is 1. The van der Waals surface area contributed by atoms with Gasteiger partial charge in [-0.05, 0) is 42.1 Å². The number of aromatic nitrogens is 2. The Morgan fingerprint density at radius 2 is 2.30 bits per heavy atom. The third-order valence-corrected chi connectivity index (χ3v) is 6.82. The van der Waals surface area contributed by atoms with Crippen molar-refractivity contribution >= 4 is 29.3 Å². The van der Waals surface area contributed by atoms with Crippen LogP contribution in [-0.2, 0) is 4.79 Å². The number of carbonyl (C=O) groups is 1. The number of thioether (sulfide) groups is 1. The Bertz CT molecular complexity index is 448. The standard InChI is InChI=1S/C14H22N2O2S2/c1-4-14(2,3)9-5-6-10(12(17)18)11(7-9)19-13-15-8-16-20-13/h8-11H,4-7H2,1-3H3,(H,17,18). The molecule has 1 aromatic rings. The number of carboxylic acid groups (broad SMARTS) is 1. The highest BCUT2D eigenvalue weighted by molar-refractivity contribution is 8.01. The SMILES string of the molecule is CCC(C)(C)C1CCC(C(=O)O)C(Sc2ncns2)C1. The zero-order valence-electron chi connectivity index (χ0n) is 12.2. The molecule has 0 aromatic carbocycles. The molecule has 0 amide bonds. The van der Waals surface area contributed by atoms with Gasteiger partial charge in [-0.25, -0.2) is 4.98 Å². The first-order chi connectivity index (χ1) is 9.44. The van der Waals surface area contributed by atoms with Crippen LogP contribution in [0.15, 0.2) is 10.7 Å². The molecule has 1 N–H and O–H groups in total. The van der Waals surface area contributed by atoms with Gasteiger partial charge in [0.1, 0.15) is 6.33 Å². The third kappa shape index (κ3) is 3.52. The van der Waals surface area contributed by atoms with E-state index in [9.17, 15) is 9.90 Å². The number of hydrogen-bond donors (Lipinski definition) is 1. The van der Waals surface area contributed by atoms with Gasteiger partial charge in [-0.1, -0.05) is 39.0 Å². The normalized spacial score (nSPS) is 27.4. The summed E-state index contributed by atoms with van der Waals surface area (Å²) < 4.78 is 4.89. The highest BCUT2D eigenvalue weighted by Gasteiger charge is 2.40. The van der Waals surface area contributed by atoms with E-state index in [1.165, 1.54) is 11.5 Å². The largest absolute Gasteiger partial charge is 0.481 e. The highest BCUT2D eigenvalue weighted by atomic mass is 32.2. The van der Waals surface area contributed by atoms with Crippen molar-refractivity contribution in [3.8, 4) is 0 Å². The molecule has 0 spiro atoms. The summed E-state index contributed by atoms with van der Waals surface area (Å²) in [6.45, 7) is 6.81. The fourth-order valence-electron chi connectivity index (χ4n) is 2.88. The van der Waals surface area contributed by atoms with Crippen molar-refractivity contribution in [2.24, 2.45) is 17.3 Å². The monoisotopic (exact) mass is 314 g/mol. The van der Waals surface area contributed by atoms with E-state index in [0.29, 0.717) is 5.92 Å². The Morgan fingerprint density at radius 3 is 2.85 bits per heavy atom. The lowest BCUT2D eigenvalue weighted by Crippen LogP contribution is -2.37. The van der Waals surface area contributed by atoms with Crippen LogP contribution in [0, 0.1) is 17.3 Å². The third-order valence-electron chi connectivity index (χ3n) is 4.72.